The highest BCUT2D eigenvalue weighted by Crippen LogP contribution is 2.26. The fourth-order valence-corrected chi connectivity index (χ4v) is 1.72. The zero-order valence-corrected chi connectivity index (χ0v) is 9.95. The maximum absolute atomic E-state index is 13.4. The van der Waals surface area contributed by atoms with Crippen LogP contribution in [0, 0.1) is 5.82 Å². The molecule has 0 amide bonds. The van der Waals surface area contributed by atoms with Crippen molar-refractivity contribution in [3.05, 3.63) is 29.6 Å². The molecular formula is C11H12ClF4N. The molecule has 0 N–H and O–H groups in total. The molecule has 17 heavy (non-hydrogen) atoms. The summed E-state index contributed by atoms with van der Waals surface area (Å²) in [6, 6.07) is 4.24. The third-order valence-corrected chi connectivity index (χ3v) is 2.64. The second kappa shape index (κ2) is 5.58. The molecule has 0 bridgehead atoms. The van der Waals surface area contributed by atoms with Crippen molar-refractivity contribution in [1.29, 1.82) is 0 Å². The van der Waals surface area contributed by atoms with Crippen LogP contribution in [0.2, 0.25) is 0 Å². The Bertz CT molecular complexity index is 378. The molecule has 1 nitrogen and oxygen atoms in total. The monoisotopic (exact) mass is 269 g/mol. The fourth-order valence-electron chi connectivity index (χ4n) is 1.45. The van der Waals surface area contributed by atoms with Crippen LogP contribution >= 0.6 is 11.6 Å². The standard InChI is InChI=1S/C11H12ClF4N/c1-17(6-5-11(14,15)16)10-4-2-3-9(13)8(10)7-12/h2-4H,5-7H2,1H3. The Labute approximate surface area is 102 Å². The van der Waals surface area contributed by atoms with E-state index in [1.807, 2.05) is 0 Å². The van der Waals surface area contributed by atoms with Crippen molar-refractivity contribution in [2.75, 3.05) is 18.5 Å². The summed E-state index contributed by atoms with van der Waals surface area (Å²) in [4.78, 5) is 1.36. The maximum atomic E-state index is 13.4. The lowest BCUT2D eigenvalue weighted by Crippen LogP contribution is -2.25. The number of anilines is 1. The van der Waals surface area contributed by atoms with E-state index in [1.165, 1.54) is 24.1 Å². The van der Waals surface area contributed by atoms with Gasteiger partial charge in [0, 0.05) is 24.8 Å². The van der Waals surface area contributed by atoms with Crippen molar-refractivity contribution in [3.63, 3.8) is 0 Å². The minimum absolute atomic E-state index is 0.0711. The summed E-state index contributed by atoms with van der Waals surface area (Å²) in [7, 11) is 1.48. The average molecular weight is 270 g/mol. The van der Waals surface area contributed by atoms with Gasteiger partial charge in [-0.3, -0.25) is 0 Å². The Hall–Kier alpha value is -0.970. The maximum Gasteiger partial charge on any atom is 0.390 e. The van der Waals surface area contributed by atoms with Gasteiger partial charge in [-0.2, -0.15) is 13.2 Å². The summed E-state index contributed by atoms with van der Waals surface area (Å²) < 4.78 is 49.6. The number of nitrogens with zero attached hydrogens (tertiary/aromatic N) is 1. The van der Waals surface area contributed by atoms with Gasteiger partial charge in [0.25, 0.3) is 0 Å². The van der Waals surface area contributed by atoms with Crippen LogP contribution in [0.1, 0.15) is 12.0 Å². The van der Waals surface area contributed by atoms with Gasteiger partial charge in [0.1, 0.15) is 5.82 Å². The van der Waals surface area contributed by atoms with Crippen LogP contribution in [0.3, 0.4) is 0 Å². The van der Waals surface area contributed by atoms with Crippen molar-refractivity contribution in [2.45, 2.75) is 18.5 Å². The third kappa shape index (κ3) is 4.07. The highest BCUT2D eigenvalue weighted by Gasteiger charge is 2.27. The highest BCUT2D eigenvalue weighted by atomic mass is 35.5. The van der Waals surface area contributed by atoms with E-state index in [0.29, 0.717) is 5.69 Å². The molecule has 0 aliphatic heterocycles. The van der Waals surface area contributed by atoms with Crippen LogP contribution in [-0.4, -0.2) is 19.8 Å². The lowest BCUT2D eigenvalue weighted by molar-refractivity contribution is -0.132. The van der Waals surface area contributed by atoms with E-state index in [0.717, 1.165) is 0 Å². The number of halogens is 5. The van der Waals surface area contributed by atoms with Crippen molar-refractivity contribution in [1.82, 2.24) is 0 Å². The van der Waals surface area contributed by atoms with Crippen molar-refractivity contribution < 1.29 is 17.6 Å². The highest BCUT2D eigenvalue weighted by molar-refractivity contribution is 6.17. The summed E-state index contributed by atoms with van der Waals surface area (Å²) in [6.45, 7) is -0.225. The SMILES string of the molecule is CN(CCC(F)(F)F)c1cccc(F)c1CCl. The topological polar surface area (TPSA) is 3.24 Å². The van der Waals surface area contributed by atoms with Crippen LogP contribution in [0.5, 0.6) is 0 Å². The van der Waals surface area contributed by atoms with Gasteiger partial charge in [-0.1, -0.05) is 6.07 Å². The second-order valence-electron chi connectivity index (χ2n) is 3.66. The lowest BCUT2D eigenvalue weighted by Gasteiger charge is -2.22. The van der Waals surface area contributed by atoms with E-state index in [1.54, 1.807) is 6.07 Å². The van der Waals surface area contributed by atoms with Crippen LogP contribution < -0.4 is 4.90 Å². The van der Waals surface area contributed by atoms with E-state index in [-0.39, 0.29) is 18.0 Å². The molecule has 6 heteroatoms. The number of hydrogen-bond acceptors (Lipinski definition) is 1. The normalized spacial score (nSPS) is 11.6. The molecule has 1 rings (SSSR count). The van der Waals surface area contributed by atoms with Crippen LogP contribution in [0.25, 0.3) is 0 Å². The Morgan fingerprint density at radius 2 is 1.94 bits per heavy atom. The minimum Gasteiger partial charge on any atom is -0.374 e. The van der Waals surface area contributed by atoms with Gasteiger partial charge in [-0.15, -0.1) is 11.6 Å². The van der Waals surface area contributed by atoms with E-state index < -0.39 is 18.4 Å². The first-order valence-corrected chi connectivity index (χ1v) is 5.50. The zero-order chi connectivity index (χ0) is 13.1. The summed E-state index contributed by atoms with van der Waals surface area (Å²) in [5.41, 5.74) is 0.614. The van der Waals surface area contributed by atoms with Crippen molar-refractivity contribution in [3.8, 4) is 0 Å². The third-order valence-electron chi connectivity index (χ3n) is 2.37. The number of hydrogen-bond donors (Lipinski definition) is 0. The van der Waals surface area contributed by atoms with Gasteiger partial charge >= 0.3 is 6.18 Å². The van der Waals surface area contributed by atoms with E-state index in [2.05, 4.69) is 0 Å². The largest absolute Gasteiger partial charge is 0.390 e. The van der Waals surface area contributed by atoms with E-state index in [9.17, 15) is 17.6 Å². The first kappa shape index (κ1) is 14.1. The molecule has 96 valence electrons. The quantitative estimate of drug-likeness (QED) is 0.591. The first-order chi connectivity index (χ1) is 7.85. The Morgan fingerprint density at radius 3 is 2.47 bits per heavy atom. The molecule has 0 spiro atoms. The smallest absolute Gasteiger partial charge is 0.374 e. The average Bonchev–Trinajstić information content (AvgIpc) is 2.24. The number of alkyl halides is 4. The molecule has 1 aromatic rings. The molecule has 0 radical (unpaired) electrons. The van der Waals surface area contributed by atoms with Crippen molar-refractivity contribution in [2.24, 2.45) is 0 Å². The van der Waals surface area contributed by atoms with Gasteiger partial charge < -0.3 is 4.90 Å². The molecule has 0 heterocycles. The zero-order valence-electron chi connectivity index (χ0n) is 9.19. The molecule has 0 unspecified atom stereocenters. The predicted molar refractivity (Wildman–Crippen MR) is 59.9 cm³/mol. The summed E-state index contributed by atoms with van der Waals surface area (Å²) in [5.74, 6) is -0.574. The lowest BCUT2D eigenvalue weighted by atomic mass is 10.1. The number of rotatable bonds is 4. The minimum atomic E-state index is -4.22. The molecule has 0 aliphatic carbocycles. The fraction of sp³-hybridized carbons (Fsp3) is 0.455. The predicted octanol–water partition coefficient (Wildman–Crippen LogP) is 3.95. The molecule has 0 fully saturated rings. The number of benzene rings is 1. The molecule has 0 saturated carbocycles. The van der Waals surface area contributed by atoms with Crippen molar-refractivity contribution >= 4 is 17.3 Å². The van der Waals surface area contributed by atoms with Crippen LogP contribution in [0.4, 0.5) is 23.2 Å². The second-order valence-corrected chi connectivity index (χ2v) is 3.93. The van der Waals surface area contributed by atoms with Gasteiger partial charge in [-0.05, 0) is 12.1 Å². The molecule has 0 atom stereocenters. The van der Waals surface area contributed by atoms with Gasteiger partial charge in [0.2, 0.25) is 0 Å². The van der Waals surface area contributed by atoms with Gasteiger partial charge in [0.15, 0.2) is 0 Å². The molecule has 1 aromatic carbocycles. The summed E-state index contributed by atoms with van der Waals surface area (Å²) >= 11 is 5.58. The Morgan fingerprint density at radius 1 is 1.29 bits per heavy atom. The molecule has 0 aliphatic rings. The van der Waals surface area contributed by atoms with Crippen LogP contribution in [-0.2, 0) is 5.88 Å². The molecule has 0 saturated heterocycles. The van der Waals surface area contributed by atoms with Gasteiger partial charge in [-0.25, -0.2) is 4.39 Å². The molecular weight excluding hydrogens is 258 g/mol. The Kier molecular flexibility index (Phi) is 4.62. The van der Waals surface area contributed by atoms with E-state index in [4.69, 9.17) is 11.6 Å². The van der Waals surface area contributed by atoms with Crippen LogP contribution in [0.15, 0.2) is 18.2 Å². The molecule has 0 aromatic heterocycles. The summed E-state index contributed by atoms with van der Waals surface area (Å²) in [5, 5.41) is 0. The Balaban J connectivity index is 2.82. The summed E-state index contributed by atoms with van der Waals surface area (Å²) in [6.07, 6.45) is -5.16. The first-order valence-electron chi connectivity index (χ1n) is 4.96. The van der Waals surface area contributed by atoms with Gasteiger partial charge in [0.05, 0.1) is 12.3 Å². The van der Waals surface area contributed by atoms with E-state index >= 15 is 0 Å².